The standard InChI is InChI=1S/C23H22N4O2/c1-4-29-17-6-8-20-19(12-17)22(24)18-7-5-15(11-21(18)25-20)26-27-16-9-13(2)23(28)14(3)10-16/h5-12,28H,4H2,1-3H3,(H2,24,25)/b27-26+. The lowest BCUT2D eigenvalue weighted by Gasteiger charge is -2.09. The summed E-state index contributed by atoms with van der Waals surface area (Å²) in [6, 6.07) is 15.0. The maximum Gasteiger partial charge on any atom is 0.121 e. The Bertz CT molecular complexity index is 1240. The van der Waals surface area contributed by atoms with Gasteiger partial charge in [0.05, 0.1) is 34.7 Å². The van der Waals surface area contributed by atoms with Gasteiger partial charge in [-0.15, -0.1) is 0 Å². The number of benzene rings is 3. The molecular weight excluding hydrogens is 364 g/mol. The first kappa shape index (κ1) is 18.7. The molecule has 0 saturated heterocycles. The fraction of sp³-hybridized carbons (Fsp3) is 0.174. The molecule has 3 N–H and O–H groups in total. The van der Waals surface area contributed by atoms with Crippen molar-refractivity contribution in [3.8, 4) is 11.5 Å². The highest BCUT2D eigenvalue weighted by molar-refractivity contribution is 6.07. The predicted molar refractivity (Wildman–Crippen MR) is 117 cm³/mol. The second-order valence-corrected chi connectivity index (χ2v) is 6.97. The zero-order valence-electron chi connectivity index (χ0n) is 16.6. The molecule has 0 radical (unpaired) electrons. The van der Waals surface area contributed by atoms with Crippen molar-refractivity contribution in [3.63, 3.8) is 0 Å². The number of aryl methyl sites for hydroxylation is 2. The summed E-state index contributed by atoms with van der Waals surface area (Å²) in [5, 5.41) is 20.3. The van der Waals surface area contributed by atoms with E-state index < -0.39 is 0 Å². The van der Waals surface area contributed by atoms with E-state index >= 15 is 0 Å². The molecule has 0 aliphatic heterocycles. The number of aromatic nitrogens is 1. The van der Waals surface area contributed by atoms with Crippen LogP contribution in [0.2, 0.25) is 0 Å². The molecule has 0 fully saturated rings. The van der Waals surface area contributed by atoms with E-state index in [1.165, 1.54) is 0 Å². The third-order valence-corrected chi connectivity index (χ3v) is 4.84. The number of nitrogens with zero attached hydrogens (tertiary/aromatic N) is 3. The second-order valence-electron chi connectivity index (χ2n) is 6.97. The van der Waals surface area contributed by atoms with E-state index in [0.29, 0.717) is 23.7 Å². The predicted octanol–water partition coefficient (Wildman–Crippen LogP) is 6.11. The van der Waals surface area contributed by atoms with E-state index in [0.717, 1.165) is 38.7 Å². The molecule has 0 bridgehead atoms. The maximum absolute atomic E-state index is 9.89. The van der Waals surface area contributed by atoms with Gasteiger partial charge in [-0.2, -0.15) is 10.2 Å². The van der Waals surface area contributed by atoms with E-state index in [1.54, 1.807) is 12.1 Å². The molecule has 1 heterocycles. The second kappa shape index (κ2) is 7.39. The van der Waals surface area contributed by atoms with Crippen LogP contribution in [0.1, 0.15) is 18.1 Å². The zero-order chi connectivity index (χ0) is 20.5. The fourth-order valence-corrected chi connectivity index (χ4v) is 3.37. The number of aromatic hydroxyl groups is 1. The van der Waals surface area contributed by atoms with Crippen LogP contribution in [0.3, 0.4) is 0 Å². The number of azo groups is 1. The third kappa shape index (κ3) is 3.57. The van der Waals surface area contributed by atoms with Crippen molar-refractivity contribution in [2.75, 3.05) is 12.3 Å². The van der Waals surface area contributed by atoms with Gasteiger partial charge in [0.2, 0.25) is 0 Å². The Balaban J connectivity index is 1.74. The first-order valence-corrected chi connectivity index (χ1v) is 9.44. The van der Waals surface area contributed by atoms with Gasteiger partial charge in [0.15, 0.2) is 0 Å². The Kier molecular flexibility index (Phi) is 4.76. The minimum atomic E-state index is 0.286. The van der Waals surface area contributed by atoms with Crippen LogP contribution in [0.5, 0.6) is 11.5 Å². The van der Waals surface area contributed by atoms with E-state index in [-0.39, 0.29) is 5.75 Å². The Morgan fingerprint density at radius 1 is 0.897 bits per heavy atom. The van der Waals surface area contributed by atoms with Crippen LogP contribution in [0.4, 0.5) is 17.1 Å². The molecule has 29 heavy (non-hydrogen) atoms. The fourth-order valence-electron chi connectivity index (χ4n) is 3.37. The number of nitrogens with two attached hydrogens (primary N) is 1. The van der Waals surface area contributed by atoms with Crippen LogP contribution in [0.15, 0.2) is 58.8 Å². The number of phenols is 1. The quantitative estimate of drug-likeness (QED) is 0.327. The molecular formula is C23H22N4O2. The number of anilines is 1. The van der Waals surface area contributed by atoms with Crippen molar-refractivity contribution in [2.45, 2.75) is 20.8 Å². The molecule has 6 heteroatoms. The van der Waals surface area contributed by atoms with E-state index in [1.807, 2.05) is 57.2 Å². The molecule has 1 aromatic heterocycles. The van der Waals surface area contributed by atoms with Gasteiger partial charge in [0.1, 0.15) is 11.5 Å². The Hall–Kier alpha value is -3.67. The van der Waals surface area contributed by atoms with E-state index in [2.05, 4.69) is 10.2 Å². The van der Waals surface area contributed by atoms with Crippen LogP contribution in [-0.2, 0) is 0 Å². The number of phenolic OH excluding ortho intramolecular Hbond substituents is 1. The lowest BCUT2D eigenvalue weighted by atomic mass is 10.1. The SMILES string of the molecule is CCOc1ccc2nc3cc(/N=N/c4cc(C)c(O)c(C)c4)ccc3c(N)c2c1. The summed E-state index contributed by atoms with van der Waals surface area (Å²) in [7, 11) is 0. The Morgan fingerprint density at radius 3 is 2.34 bits per heavy atom. The third-order valence-electron chi connectivity index (χ3n) is 4.84. The van der Waals surface area contributed by atoms with Gasteiger partial charge in [-0.05, 0) is 80.4 Å². The number of fused-ring (bicyclic) bond motifs is 2. The summed E-state index contributed by atoms with van der Waals surface area (Å²) < 4.78 is 5.57. The van der Waals surface area contributed by atoms with Crippen molar-refractivity contribution in [1.29, 1.82) is 0 Å². The van der Waals surface area contributed by atoms with Crippen molar-refractivity contribution in [2.24, 2.45) is 10.2 Å². The van der Waals surface area contributed by atoms with E-state index in [9.17, 15) is 5.11 Å². The van der Waals surface area contributed by atoms with Crippen LogP contribution in [0.25, 0.3) is 21.8 Å². The minimum Gasteiger partial charge on any atom is -0.507 e. The molecule has 0 amide bonds. The highest BCUT2D eigenvalue weighted by Crippen LogP contribution is 2.33. The molecule has 0 unspecified atom stereocenters. The summed E-state index contributed by atoms with van der Waals surface area (Å²) in [6.45, 7) is 6.22. The topological polar surface area (TPSA) is 93.1 Å². The maximum atomic E-state index is 9.89. The minimum absolute atomic E-state index is 0.286. The smallest absolute Gasteiger partial charge is 0.121 e. The van der Waals surface area contributed by atoms with E-state index in [4.69, 9.17) is 15.5 Å². The van der Waals surface area contributed by atoms with Crippen molar-refractivity contribution >= 4 is 38.9 Å². The van der Waals surface area contributed by atoms with Crippen LogP contribution < -0.4 is 10.5 Å². The molecule has 3 aromatic carbocycles. The Morgan fingerprint density at radius 2 is 1.62 bits per heavy atom. The molecule has 6 nitrogen and oxygen atoms in total. The molecule has 4 aromatic rings. The summed E-state index contributed by atoms with van der Waals surface area (Å²) in [5.41, 5.74) is 11.5. The summed E-state index contributed by atoms with van der Waals surface area (Å²) >= 11 is 0. The number of hydrogen-bond donors (Lipinski definition) is 2. The number of nitrogen functional groups attached to an aromatic ring is 1. The van der Waals surface area contributed by atoms with Gasteiger partial charge >= 0.3 is 0 Å². The average Bonchev–Trinajstić information content (AvgIpc) is 2.71. The molecule has 0 aliphatic rings. The molecule has 0 saturated carbocycles. The highest BCUT2D eigenvalue weighted by Gasteiger charge is 2.09. The first-order chi connectivity index (χ1) is 14.0. The average molecular weight is 386 g/mol. The Labute approximate surface area is 168 Å². The molecule has 0 atom stereocenters. The van der Waals surface area contributed by atoms with Crippen molar-refractivity contribution in [3.05, 3.63) is 59.7 Å². The van der Waals surface area contributed by atoms with Crippen LogP contribution in [0, 0.1) is 13.8 Å². The van der Waals surface area contributed by atoms with Gasteiger partial charge in [0.25, 0.3) is 0 Å². The monoisotopic (exact) mass is 386 g/mol. The van der Waals surface area contributed by atoms with Gasteiger partial charge in [-0.25, -0.2) is 4.98 Å². The lowest BCUT2D eigenvalue weighted by Crippen LogP contribution is -1.95. The molecule has 146 valence electrons. The highest BCUT2D eigenvalue weighted by atomic mass is 16.5. The van der Waals surface area contributed by atoms with Gasteiger partial charge in [-0.3, -0.25) is 0 Å². The number of ether oxygens (including phenoxy) is 1. The van der Waals surface area contributed by atoms with Gasteiger partial charge in [-0.1, -0.05) is 0 Å². The summed E-state index contributed by atoms with van der Waals surface area (Å²) in [6.07, 6.45) is 0. The lowest BCUT2D eigenvalue weighted by molar-refractivity contribution is 0.341. The normalized spacial score (nSPS) is 11.6. The zero-order valence-corrected chi connectivity index (χ0v) is 16.6. The van der Waals surface area contributed by atoms with Gasteiger partial charge < -0.3 is 15.6 Å². The molecule has 0 aliphatic carbocycles. The van der Waals surface area contributed by atoms with Gasteiger partial charge in [0, 0.05) is 10.8 Å². The molecule has 0 spiro atoms. The molecule has 4 rings (SSSR count). The van der Waals surface area contributed by atoms with Crippen molar-refractivity contribution < 1.29 is 9.84 Å². The number of hydrogen-bond acceptors (Lipinski definition) is 6. The van der Waals surface area contributed by atoms with Crippen LogP contribution in [-0.4, -0.2) is 16.7 Å². The van der Waals surface area contributed by atoms with Crippen molar-refractivity contribution in [1.82, 2.24) is 4.98 Å². The first-order valence-electron chi connectivity index (χ1n) is 9.44. The largest absolute Gasteiger partial charge is 0.507 e. The summed E-state index contributed by atoms with van der Waals surface area (Å²) in [5.74, 6) is 1.06. The summed E-state index contributed by atoms with van der Waals surface area (Å²) in [4.78, 5) is 4.72. The van der Waals surface area contributed by atoms with Crippen LogP contribution >= 0.6 is 0 Å². The number of pyridine rings is 1. The number of rotatable bonds is 4.